The quantitative estimate of drug-likeness (QED) is 0.218. The van der Waals surface area contributed by atoms with E-state index in [1.54, 1.807) is 12.3 Å². The molecule has 10 nitrogen and oxygen atoms in total. The second-order valence-corrected chi connectivity index (χ2v) is 10.8. The zero-order chi connectivity index (χ0) is 30.3. The molecule has 0 bridgehead atoms. The maximum absolute atomic E-state index is 9.15. The second kappa shape index (κ2) is 13.4. The molecule has 1 saturated heterocycles. The maximum atomic E-state index is 9.15. The lowest BCUT2D eigenvalue weighted by atomic mass is 10.1. The van der Waals surface area contributed by atoms with Crippen molar-refractivity contribution in [3.63, 3.8) is 0 Å². The molecule has 4 aromatic rings. The van der Waals surface area contributed by atoms with Gasteiger partial charge in [0.2, 0.25) is 5.95 Å². The standard InChI is InChI=1S/C32H35ClN10/c1-22(35)38-23(2)43(31-30(36-3)13-12-29(40-31)25-6-8-26(33)9-7-25)28-10-4-24(5-11-28)21-41-16-18-42(19-17-41)32-37-15-14-27(20-34)39-32/h4-15,23,36,38H,1,16-19,21,35H2,2-3H3. The smallest absolute Gasteiger partial charge is 0.226 e. The summed E-state index contributed by atoms with van der Waals surface area (Å²) in [6.45, 7) is 10.1. The molecule has 1 aliphatic heterocycles. The Labute approximate surface area is 257 Å². The van der Waals surface area contributed by atoms with Gasteiger partial charge in [-0.15, -0.1) is 0 Å². The van der Waals surface area contributed by atoms with Crippen LogP contribution in [0.5, 0.6) is 0 Å². The number of hydrogen-bond donors (Lipinski definition) is 3. The van der Waals surface area contributed by atoms with E-state index in [-0.39, 0.29) is 6.17 Å². The van der Waals surface area contributed by atoms with Crippen molar-refractivity contribution in [3.05, 3.63) is 102 Å². The summed E-state index contributed by atoms with van der Waals surface area (Å²) in [5.74, 6) is 1.74. The first-order valence-electron chi connectivity index (χ1n) is 14.1. The Bertz CT molecular complexity index is 1590. The lowest BCUT2D eigenvalue weighted by molar-refractivity contribution is 0.248. The summed E-state index contributed by atoms with van der Waals surface area (Å²) in [4.78, 5) is 20.4. The van der Waals surface area contributed by atoms with E-state index in [4.69, 9.17) is 27.6 Å². The van der Waals surface area contributed by atoms with Crippen LogP contribution in [0, 0.1) is 11.3 Å². The molecule has 0 amide bonds. The molecule has 3 heterocycles. The summed E-state index contributed by atoms with van der Waals surface area (Å²) in [5, 5.41) is 16.4. The number of pyridine rings is 1. The first kappa shape index (κ1) is 29.6. The topological polar surface area (TPSA) is 122 Å². The lowest BCUT2D eigenvalue weighted by Gasteiger charge is -2.35. The van der Waals surface area contributed by atoms with E-state index in [1.165, 1.54) is 5.56 Å². The van der Waals surface area contributed by atoms with Crippen LogP contribution in [-0.4, -0.2) is 59.2 Å². The molecule has 1 unspecified atom stereocenters. The number of nitriles is 1. The molecule has 0 spiro atoms. The fourth-order valence-electron chi connectivity index (χ4n) is 5.16. The van der Waals surface area contributed by atoms with Gasteiger partial charge in [-0.2, -0.15) is 5.26 Å². The molecule has 2 aromatic carbocycles. The van der Waals surface area contributed by atoms with Crippen LogP contribution in [0.4, 0.5) is 23.1 Å². The minimum atomic E-state index is -0.238. The summed E-state index contributed by atoms with van der Waals surface area (Å²) in [5.41, 5.74) is 11.2. The fourth-order valence-corrected chi connectivity index (χ4v) is 5.29. The summed E-state index contributed by atoms with van der Waals surface area (Å²) in [6.07, 6.45) is 1.40. The van der Waals surface area contributed by atoms with Crippen molar-refractivity contribution in [2.45, 2.75) is 19.6 Å². The molecule has 4 N–H and O–H groups in total. The van der Waals surface area contributed by atoms with Gasteiger partial charge < -0.3 is 26.2 Å². The van der Waals surface area contributed by atoms with Crippen LogP contribution < -0.4 is 26.2 Å². The van der Waals surface area contributed by atoms with Crippen molar-refractivity contribution < 1.29 is 0 Å². The molecule has 5 rings (SSSR count). The first-order chi connectivity index (χ1) is 20.8. The molecule has 0 aliphatic carbocycles. The average Bonchev–Trinajstić information content (AvgIpc) is 3.02. The predicted molar refractivity (Wildman–Crippen MR) is 173 cm³/mol. The predicted octanol–water partition coefficient (Wildman–Crippen LogP) is 4.93. The van der Waals surface area contributed by atoms with Gasteiger partial charge in [-0.25, -0.2) is 15.0 Å². The second-order valence-electron chi connectivity index (χ2n) is 10.3. The number of nitrogens with zero attached hydrogens (tertiary/aromatic N) is 7. The molecule has 1 aliphatic rings. The minimum Gasteiger partial charge on any atom is -0.386 e. The number of benzene rings is 2. The number of piperazine rings is 1. The van der Waals surface area contributed by atoms with E-state index < -0.39 is 0 Å². The average molecular weight is 595 g/mol. The number of aromatic nitrogens is 3. The Balaban J connectivity index is 1.35. The van der Waals surface area contributed by atoms with Crippen molar-refractivity contribution in [2.24, 2.45) is 5.73 Å². The van der Waals surface area contributed by atoms with Crippen LogP contribution in [0.15, 0.2) is 85.3 Å². The summed E-state index contributed by atoms with van der Waals surface area (Å²) in [7, 11) is 1.88. The van der Waals surface area contributed by atoms with E-state index in [9.17, 15) is 0 Å². The van der Waals surface area contributed by atoms with Gasteiger partial charge in [0.15, 0.2) is 5.82 Å². The molecule has 2 aromatic heterocycles. The Morgan fingerprint density at radius 2 is 1.77 bits per heavy atom. The molecule has 0 saturated carbocycles. The minimum absolute atomic E-state index is 0.238. The molecule has 0 radical (unpaired) electrons. The van der Waals surface area contributed by atoms with Gasteiger partial charge >= 0.3 is 0 Å². The molecule has 1 fully saturated rings. The van der Waals surface area contributed by atoms with E-state index in [1.807, 2.05) is 50.4 Å². The highest BCUT2D eigenvalue weighted by Crippen LogP contribution is 2.35. The van der Waals surface area contributed by atoms with Crippen LogP contribution in [0.1, 0.15) is 18.2 Å². The molecular formula is C32H35ClN10. The van der Waals surface area contributed by atoms with Gasteiger partial charge in [-0.3, -0.25) is 4.90 Å². The van der Waals surface area contributed by atoms with Crippen molar-refractivity contribution in [1.29, 1.82) is 5.26 Å². The Kier molecular flexibility index (Phi) is 9.25. The van der Waals surface area contributed by atoms with Crippen molar-refractivity contribution >= 4 is 34.7 Å². The van der Waals surface area contributed by atoms with Crippen LogP contribution >= 0.6 is 11.6 Å². The third kappa shape index (κ3) is 7.15. The van der Waals surface area contributed by atoms with Crippen molar-refractivity contribution in [1.82, 2.24) is 25.2 Å². The van der Waals surface area contributed by atoms with Gasteiger partial charge in [-0.05, 0) is 55.0 Å². The van der Waals surface area contributed by atoms with Crippen molar-refractivity contribution in [3.8, 4) is 17.3 Å². The number of nitrogens with two attached hydrogens (primary N) is 1. The van der Waals surface area contributed by atoms with Gasteiger partial charge in [0.05, 0.1) is 17.2 Å². The van der Waals surface area contributed by atoms with E-state index in [2.05, 4.69) is 72.2 Å². The molecule has 220 valence electrons. The summed E-state index contributed by atoms with van der Waals surface area (Å²) in [6, 6.07) is 23.9. The summed E-state index contributed by atoms with van der Waals surface area (Å²) < 4.78 is 0. The zero-order valence-corrected chi connectivity index (χ0v) is 25.1. The highest BCUT2D eigenvalue weighted by Gasteiger charge is 2.23. The van der Waals surface area contributed by atoms with Crippen LogP contribution in [0.25, 0.3) is 11.3 Å². The highest BCUT2D eigenvalue weighted by atomic mass is 35.5. The monoisotopic (exact) mass is 594 g/mol. The number of halogens is 1. The first-order valence-corrected chi connectivity index (χ1v) is 14.5. The lowest BCUT2D eigenvalue weighted by Crippen LogP contribution is -2.46. The number of nitrogens with one attached hydrogen (secondary N) is 2. The third-order valence-electron chi connectivity index (χ3n) is 7.33. The summed E-state index contributed by atoms with van der Waals surface area (Å²) >= 11 is 6.13. The molecule has 11 heteroatoms. The number of anilines is 4. The Morgan fingerprint density at radius 1 is 1.05 bits per heavy atom. The normalized spacial score (nSPS) is 14.0. The Morgan fingerprint density at radius 3 is 2.42 bits per heavy atom. The van der Waals surface area contributed by atoms with Crippen molar-refractivity contribution in [2.75, 3.05) is 48.3 Å². The van der Waals surface area contributed by atoms with E-state index in [0.717, 1.165) is 61.2 Å². The van der Waals surface area contributed by atoms with Crippen LogP contribution in [0.2, 0.25) is 5.02 Å². The van der Waals surface area contributed by atoms with Crippen LogP contribution in [-0.2, 0) is 6.54 Å². The van der Waals surface area contributed by atoms with E-state index in [0.29, 0.717) is 22.5 Å². The van der Waals surface area contributed by atoms with Gasteiger partial charge in [-0.1, -0.05) is 42.4 Å². The zero-order valence-electron chi connectivity index (χ0n) is 24.3. The van der Waals surface area contributed by atoms with Crippen LogP contribution in [0.3, 0.4) is 0 Å². The highest BCUT2D eigenvalue weighted by molar-refractivity contribution is 6.30. The molecule has 43 heavy (non-hydrogen) atoms. The SMILES string of the molecule is C=C(N)NC(C)N(c1ccc(CN2CCN(c3nccc(C#N)n3)CC2)cc1)c1nc(-c2ccc(Cl)cc2)ccc1NC. The molecular weight excluding hydrogens is 560 g/mol. The van der Waals surface area contributed by atoms with Gasteiger partial charge in [0.25, 0.3) is 0 Å². The number of rotatable bonds is 10. The fraction of sp³-hybridized carbons (Fsp3) is 0.250. The van der Waals surface area contributed by atoms with Gasteiger partial charge in [0.1, 0.15) is 17.9 Å². The van der Waals surface area contributed by atoms with E-state index >= 15 is 0 Å². The largest absolute Gasteiger partial charge is 0.386 e. The van der Waals surface area contributed by atoms with Gasteiger partial charge in [0, 0.05) is 62.2 Å². The maximum Gasteiger partial charge on any atom is 0.226 e. The molecule has 1 atom stereocenters. The number of hydrogen-bond acceptors (Lipinski definition) is 10. The Hall–Kier alpha value is -4.85. The third-order valence-corrected chi connectivity index (χ3v) is 7.58.